The molecule has 1 amide bonds. The van der Waals surface area contributed by atoms with Crippen LogP contribution in [0.3, 0.4) is 0 Å². The third-order valence-corrected chi connectivity index (χ3v) is 2.52. The van der Waals surface area contributed by atoms with E-state index in [-0.39, 0.29) is 18.1 Å². The van der Waals surface area contributed by atoms with Crippen molar-refractivity contribution in [1.29, 1.82) is 0 Å². The van der Waals surface area contributed by atoms with E-state index in [9.17, 15) is 9.18 Å². The third kappa shape index (κ3) is 3.28. The Morgan fingerprint density at radius 2 is 2.33 bits per heavy atom. The van der Waals surface area contributed by atoms with Gasteiger partial charge in [-0.15, -0.1) is 0 Å². The summed E-state index contributed by atoms with van der Waals surface area (Å²) in [6.45, 7) is 0. The molecule has 0 saturated carbocycles. The molecule has 5 heteroatoms. The summed E-state index contributed by atoms with van der Waals surface area (Å²) in [5.41, 5.74) is 6.02. The Morgan fingerprint density at radius 3 is 2.93 bits per heavy atom. The number of carbonyl (C=O) groups is 1. The number of hydrogen-bond donors (Lipinski definition) is 2. The molecule has 1 aromatic carbocycles. The number of amides is 1. The van der Waals surface area contributed by atoms with E-state index in [1.54, 1.807) is 12.1 Å². The van der Waals surface area contributed by atoms with Gasteiger partial charge in [-0.1, -0.05) is 15.9 Å². The number of carbonyl (C=O) groups excluding carboxylic acids is 1. The van der Waals surface area contributed by atoms with E-state index in [0.717, 1.165) is 4.47 Å². The lowest BCUT2D eigenvalue weighted by atomic mass is 10.1. The van der Waals surface area contributed by atoms with Crippen LogP contribution in [-0.2, 0) is 11.2 Å². The predicted octanol–water partition coefficient (Wildman–Crippen LogP) is 1.20. The lowest BCUT2D eigenvalue weighted by Crippen LogP contribution is -2.40. The van der Waals surface area contributed by atoms with Crippen LogP contribution in [0.4, 0.5) is 4.39 Å². The Balaban J connectivity index is 2.80. The van der Waals surface area contributed by atoms with Crippen LogP contribution in [0, 0.1) is 5.82 Å². The molecule has 0 saturated heterocycles. The van der Waals surface area contributed by atoms with Gasteiger partial charge in [0.1, 0.15) is 5.82 Å². The number of hydrogen-bond acceptors (Lipinski definition) is 2. The van der Waals surface area contributed by atoms with E-state index >= 15 is 0 Å². The lowest BCUT2D eigenvalue weighted by molar-refractivity contribution is -0.121. The summed E-state index contributed by atoms with van der Waals surface area (Å²) in [5.74, 6) is -0.646. The van der Waals surface area contributed by atoms with Gasteiger partial charge in [0.25, 0.3) is 0 Å². The maximum absolute atomic E-state index is 13.3. The monoisotopic (exact) mass is 274 g/mol. The van der Waals surface area contributed by atoms with Crippen LogP contribution in [0.2, 0.25) is 0 Å². The summed E-state index contributed by atoms with van der Waals surface area (Å²) in [6.07, 6.45) is 0.185. The van der Waals surface area contributed by atoms with Crippen LogP contribution in [-0.4, -0.2) is 19.0 Å². The van der Waals surface area contributed by atoms with Crippen molar-refractivity contribution in [3.05, 3.63) is 34.1 Å². The average molecular weight is 275 g/mol. The highest BCUT2D eigenvalue weighted by Gasteiger charge is 2.14. The van der Waals surface area contributed by atoms with Crippen LogP contribution in [0.15, 0.2) is 22.7 Å². The van der Waals surface area contributed by atoms with E-state index in [1.807, 2.05) is 0 Å². The summed E-state index contributed by atoms with van der Waals surface area (Å²) in [4.78, 5) is 11.1. The highest BCUT2D eigenvalue weighted by atomic mass is 79.9. The van der Waals surface area contributed by atoms with Crippen LogP contribution in [0.1, 0.15) is 5.56 Å². The highest BCUT2D eigenvalue weighted by Crippen LogP contribution is 2.16. The first-order valence-corrected chi connectivity index (χ1v) is 5.25. The standard InChI is InChI=1S/C10H12BrFN2O/c1-14-10(15)9(13)5-6-4-7(11)2-3-8(6)12/h2-4,9H,5,13H2,1H3,(H,14,15). The Kier molecular flexibility index (Phi) is 4.23. The molecule has 1 rings (SSSR count). The second kappa shape index (κ2) is 5.23. The largest absolute Gasteiger partial charge is 0.358 e. The summed E-state index contributed by atoms with van der Waals surface area (Å²) >= 11 is 3.23. The summed E-state index contributed by atoms with van der Waals surface area (Å²) in [7, 11) is 1.50. The van der Waals surface area contributed by atoms with Crippen LogP contribution in [0.25, 0.3) is 0 Å². The van der Waals surface area contributed by atoms with Crippen molar-refractivity contribution in [2.75, 3.05) is 7.05 Å². The maximum atomic E-state index is 13.3. The summed E-state index contributed by atoms with van der Waals surface area (Å²) in [5, 5.41) is 2.42. The van der Waals surface area contributed by atoms with Gasteiger partial charge in [0, 0.05) is 11.5 Å². The normalized spacial score (nSPS) is 12.3. The second-order valence-corrected chi connectivity index (χ2v) is 4.08. The number of benzene rings is 1. The molecule has 1 atom stereocenters. The van der Waals surface area contributed by atoms with E-state index in [4.69, 9.17) is 5.73 Å². The molecule has 1 unspecified atom stereocenters. The zero-order valence-electron chi connectivity index (χ0n) is 8.26. The van der Waals surface area contributed by atoms with Gasteiger partial charge in [-0.25, -0.2) is 4.39 Å². The van der Waals surface area contributed by atoms with Gasteiger partial charge in [0.2, 0.25) is 5.91 Å². The van der Waals surface area contributed by atoms with E-state index < -0.39 is 6.04 Å². The van der Waals surface area contributed by atoms with Gasteiger partial charge in [-0.3, -0.25) is 4.79 Å². The molecule has 0 radical (unpaired) electrons. The molecule has 0 aliphatic heterocycles. The molecule has 0 aliphatic carbocycles. The number of halogens is 2. The summed E-state index contributed by atoms with van der Waals surface area (Å²) < 4.78 is 14.1. The van der Waals surface area contributed by atoms with Crippen LogP contribution in [0.5, 0.6) is 0 Å². The minimum atomic E-state index is -0.723. The minimum Gasteiger partial charge on any atom is -0.358 e. The maximum Gasteiger partial charge on any atom is 0.237 e. The van der Waals surface area contributed by atoms with Crippen molar-refractivity contribution >= 4 is 21.8 Å². The fourth-order valence-corrected chi connectivity index (χ4v) is 1.62. The van der Waals surface area contributed by atoms with Crippen molar-refractivity contribution in [1.82, 2.24) is 5.32 Å². The van der Waals surface area contributed by atoms with Gasteiger partial charge < -0.3 is 11.1 Å². The van der Waals surface area contributed by atoms with Crippen molar-refractivity contribution in [2.45, 2.75) is 12.5 Å². The Morgan fingerprint density at radius 1 is 1.67 bits per heavy atom. The smallest absolute Gasteiger partial charge is 0.237 e. The molecular formula is C10H12BrFN2O. The van der Waals surface area contributed by atoms with Crippen molar-refractivity contribution in [3.63, 3.8) is 0 Å². The molecule has 0 aliphatic rings. The second-order valence-electron chi connectivity index (χ2n) is 3.16. The van der Waals surface area contributed by atoms with Gasteiger partial charge in [0.15, 0.2) is 0 Å². The molecule has 3 N–H and O–H groups in total. The predicted molar refractivity (Wildman–Crippen MR) is 59.8 cm³/mol. The first kappa shape index (κ1) is 12.1. The lowest BCUT2D eigenvalue weighted by Gasteiger charge is -2.10. The molecule has 0 bridgehead atoms. The van der Waals surface area contributed by atoms with E-state index in [0.29, 0.717) is 5.56 Å². The fraction of sp³-hybridized carbons (Fsp3) is 0.300. The number of nitrogens with one attached hydrogen (secondary N) is 1. The molecule has 0 fully saturated rings. The molecule has 15 heavy (non-hydrogen) atoms. The van der Waals surface area contributed by atoms with Crippen LogP contribution < -0.4 is 11.1 Å². The van der Waals surface area contributed by atoms with Gasteiger partial charge >= 0.3 is 0 Å². The topological polar surface area (TPSA) is 55.1 Å². The molecule has 82 valence electrons. The van der Waals surface area contributed by atoms with E-state index in [1.165, 1.54) is 13.1 Å². The van der Waals surface area contributed by atoms with Gasteiger partial charge in [-0.05, 0) is 30.2 Å². The van der Waals surface area contributed by atoms with E-state index in [2.05, 4.69) is 21.2 Å². The zero-order chi connectivity index (χ0) is 11.4. The SMILES string of the molecule is CNC(=O)C(N)Cc1cc(Br)ccc1F. The number of likely N-dealkylation sites (N-methyl/N-ethyl adjacent to an activating group) is 1. The Labute approximate surface area is 96.0 Å². The van der Waals surface area contributed by atoms with Crippen LogP contribution >= 0.6 is 15.9 Å². The van der Waals surface area contributed by atoms with Crippen molar-refractivity contribution in [3.8, 4) is 0 Å². The average Bonchev–Trinajstić information content (AvgIpc) is 2.22. The first-order valence-electron chi connectivity index (χ1n) is 4.45. The number of rotatable bonds is 3. The minimum absolute atomic E-state index is 0.185. The zero-order valence-corrected chi connectivity index (χ0v) is 9.84. The fourth-order valence-electron chi connectivity index (χ4n) is 1.21. The molecule has 3 nitrogen and oxygen atoms in total. The first-order chi connectivity index (χ1) is 7.04. The quantitative estimate of drug-likeness (QED) is 0.871. The third-order valence-electron chi connectivity index (χ3n) is 2.03. The Hall–Kier alpha value is -0.940. The molecular weight excluding hydrogens is 263 g/mol. The van der Waals surface area contributed by atoms with Gasteiger partial charge in [-0.2, -0.15) is 0 Å². The Bertz CT molecular complexity index is 370. The molecule has 0 spiro atoms. The summed E-state index contributed by atoms with van der Waals surface area (Å²) in [6, 6.07) is 3.84. The molecule has 0 heterocycles. The van der Waals surface area contributed by atoms with Gasteiger partial charge in [0.05, 0.1) is 6.04 Å². The van der Waals surface area contributed by atoms with Crippen molar-refractivity contribution < 1.29 is 9.18 Å². The molecule has 1 aromatic rings. The van der Waals surface area contributed by atoms with Crippen molar-refractivity contribution in [2.24, 2.45) is 5.73 Å². The molecule has 0 aromatic heterocycles. The highest BCUT2D eigenvalue weighted by molar-refractivity contribution is 9.10. The number of nitrogens with two attached hydrogens (primary N) is 1.